The maximum absolute atomic E-state index is 12.5. The Morgan fingerprint density at radius 1 is 1.15 bits per heavy atom. The van der Waals surface area contributed by atoms with Gasteiger partial charge in [0.15, 0.2) is 5.76 Å². The average molecular weight is 367 g/mol. The lowest BCUT2D eigenvalue weighted by atomic mass is 10.1. The SMILES string of the molecule is NC(=O)CCC(NC(=O)c1ccc2noc(-c3ccccc3)c2c1)C(=O)O. The molecule has 0 spiro atoms. The molecule has 0 saturated carbocycles. The molecule has 1 atom stereocenters. The molecule has 0 aliphatic rings. The molecule has 4 N–H and O–H groups in total. The van der Waals surface area contributed by atoms with Gasteiger partial charge in [-0.3, -0.25) is 9.59 Å². The number of carboxylic acid groups (broad SMARTS) is 1. The molecule has 2 amide bonds. The summed E-state index contributed by atoms with van der Waals surface area (Å²) in [5.41, 5.74) is 6.69. The van der Waals surface area contributed by atoms with Crippen molar-refractivity contribution >= 4 is 28.7 Å². The van der Waals surface area contributed by atoms with Gasteiger partial charge in [-0.05, 0) is 24.6 Å². The van der Waals surface area contributed by atoms with E-state index in [2.05, 4.69) is 10.5 Å². The van der Waals surface area contributed by atoms with Crippen LogP contribution >= 0.6 is 0 Å². The lowest BCUT2D eigenvalue weighted by molar-refractivity contribution is -0.139. The van der Waals surface area contributed by atoms with Crippen molar-refractivity contribution in [3.8, 4) is 11.3 Å². The van der Waals surface area contributed by atoms with Crippen LogP contribution in [0.5, 0.6) is 0 Å². The minimum atomic E-state index is -1.24. The molecule has 8 heteroatoms. The van der Waals surface area contributed by atoms with Crippen LogP contribution in [0.15, 0.2) is 53.1 Å². The normalized spacial score (nSPS) is 11.9. The van der Waals surface area contributed by atoms with Gasteiger partial charge in [-0.25, -0.2) is 4.79 Å². The fourth-order valence-electron chi connectivity index (χ4n) is 2.67. The number of nitrogens with one attached hydrogen (secondary N) is 1. The highest BCUT2D eigenvalue weighted by atomic mass is 16.5. The summed E-state index contributed by atoms with van der Waals surface area (Å²) in [6, 6.07) is 12.8. The molecule has 0 bridgehead atoms. The Hall–Kier alpha value is -3.68. The molecule has 1 unspecified atom stereocenters. The first-order valence-corrected chi connectivity index (χ1v) is 8.22. The summed E-state index contributed by atoms with van der Waals surface area (Å²) < 4.78 is 5.39. The number of hydrogen-bond donors (Lipinski definition) is 3. The van der Waals surface area contributed by atoms with Gasteiger partial charge in [-0.2, -0.15) is 0 Å². The van der Waals surface area contributed by atoms with E-state index in [0.717, 1.165) is 5.56 Å². The number of aliphatic carboxylic acids is 1. The summed E-state index contributed by atoms with van der Waals surface area (Å²) in [5, 5.41) is 16.2. The smallest absolute Gasteiger partial charge is 0.326 e. The van der Waals surface area contributed by atoms with Crippen molar-refractivity contribution in [2.24, 2.45) is 5.73 Å². The number of nitrogens with two attached hydrogens (primary N) is 1. The van der Waals surface area contributed by atoms with E-state index in [0.29, 0.717) is 16.7 Å². The summed E-state index contributed by atoms with van der Waals surface area (Å²) in [4.78, 5) is 34.6. The zero-order valence-electron chi connectivity index (χ0n) is 14.2. The number of amides is 2. The molecule has 1 aromatic heterocycles. The summed E-state index contributed by atoms with van der Waals surface area (Å²) in [6.45, 7) is 0. The van der Waals surface area contributed by atoms with E-state index in [1.54, 1.807) is 12.1 Å². The van der Waals surface area contributed by atoms with E-state index in [4.69, 9.17) is 10.3 Å². The van der Waals surface area contributed by atoms with Crippen LogP contribution in [0.4, 0.5) is 0 Å². The number of fused-ring (bicyclic) bond motifs is 1. The van der Waals surface area contributed by atoms with Gasteiger partial charge in [0.05, 0.1) is 5.39 Å². The van der Waals surface area contributed by atoms with Crippen LogP contribution in [0.1, 0.15) is 23.2 Å². The molecule has 8 nitrogen and oxygen atoms in total. The van der Waals surface area contributed by atoms with Gasteiger partial charge in [0, 0.05) is 17.5 Å². The number of hydrogen-bond acceptors (Lipinski definition) is 5. The summed E-state index contributed by atoms with van der Waals surface area (Å²) in [7, 11) is 0. The number of primary amides is 1. The molecule has 0 saturated heterocycles. The minimum Gasteiger partial charge on any atom is -0.480 e. The van der Waals surface area contributed by atoms with Gasteiger partial charge in [-0.15, -0.1) is 0 Å². The van der Waals surface area contributed by atoms with E-state index in [9.17, 15) is 19.5 Å². The van der Waals surface area contributed by atoms with Crippen LogP contribution in [0.2, 0.25) is 0 Å². The van der Waals surface area contributed by atoms with E-state index >= 15 is 0 Å². The van der Waals surface area contributed by atoms with Crippen LogP contribution in [-0.4, -0.2) is 34.1 Å². The predicted octanol–water partition coefficient (Wildman–Crippen LogP) is 1.94. The Bertz CT molecular complexity index is 997. The number of rotatable bonds is 7. The lowest BCUT2D eigenvalue weighted by Gasteiger charge is -2.13. The maximum atomic E-state index is 12.5. The number of aromatic nitrogens is 1. The van der Waals surface area contributed by atoms with Crippen molar-refractivity contribution < 1.29 is 24.0 Å². The zero-order chi connectivity index (χ0) is 19.4. The molecule has 0 aliphatic heterocycles. The third-order valence-electron chi connectivity index (χ3n) is 4.06. The van der Waals surface area contributed by atoms with Gasteiger partial charge in [-0.1, -0.05) is 35.5 Å². The first kappa shape index (κ1) is 18.1. The average Bonchev–Trinajstić information content (AvgIpc) is 3.08. The number of nitrogens with zero attached hydrogens (tertiary/aromatic N) is 1. The van der Waals surface area contributed by atoms with Crippen LogP contribution in [-0.2, 0) is 9.59 Å². The highest BCUT2D eigenvalue weighted by Gasteiger charge is 2.22. The molecule has 1 heterocycles. The molecular weight excluding hydrogens is 350 g/mol. The molecule has 0 radical (unpaired) electrons. The molecule has 3 rings (SSSR count). The quantitative estimate of drug-likeness (QED) is 0.584. The minimum absolute atomic E-state index is 0.0822. The summed E-state index contributed by atoms with van der Waals surface area (Å²) in [6.07, 6.45) is -0.221. The Morgan fingerprint density at radius 3 is 2.56 bits per heavy atom. The fraction of sp³-hybridized carbons (Fsp3) is 0.158. The molecule has 2 aromatic carbocycles. The van der Waals surface area contributed by atoms with Crippen molar-refractivity contribution in [1.82, 2.24) is 10.5 Å². The van der Waals surface area contributed by atoms with Crippen LogP contribution in [0, 0.1) is 0 Å². The standard InChI is InChI=1S/C19H17N3O5/c20-16(23)9-8-15(19(25)26)21-18(24)12-6-7-14-13(10-12)17(27-22-14)11-4-2-1-3-5-11/h1-7,10,15H,8-9H2,(H2,20,23)(H,21,24)(H,25,26). The van der Waals surface area contributed by atoms with Crippen molar-refractivity contribution in [2.45, 2.75) is 18.9 Å². The lowest BCUT2D eigenvalue weighted by Crippen LogP contribution is -2.41. The van der Waals surface area contributed by atoms with E-state index < -0.39 is 23.8 Å². The van der Waals surface area contributed by atoms with E-state index in [1.807, 2.05) is 30.3 Å². The second kappa shape index (κ2) is 7.69. The molecule has 0 fully saturated rings. The van der Waals surface area contributed by atoms with Crippen LogP contribution < -0.4 is 11.1 Å². The number of carbonyl (C=O) groups is 3. The van der Waals surface area contributed by atoms with Crippen molar-refractivity contribution in [3.63, 3.8) is 0 Å². The third kappa shape index (κ3) is 4.12. The second-order valence-electron chi connectivity index (χ2n) is 5.98. The molecule has 0 aliphatic carbocycles. The first-order valence-electron chi connectivity index (χ1n) is 8.22. The third-order valence-corrected chi connectivity index (χ3v) is 4.06. The van der Waals surface area contributed by atoms with Gasteiger partial charge in [0.2, 0.25) is 5.91 Å². The van der Waals surface area contributed by atoms with Gasteiger partial charge in [0.1, 0.15) is 11.6 Å². The Morgan fingerprint density at radius 2 is 1.89 bits per heavy atom. The monoisotopic (exact) mass is 367 g/mol. The highest BCUT2D eigenvalue weighted by molar-refractivity contribution is 6.02. The van der Waals surface area contributed by atoms with E-state index in [1.165, 1.54) is 6.07 Å². The molecule has 3 aromatic rings. The largest absolute Gasteiger partial charge is 0.480 e. The molecule has 27 heavy (non-hydrogen) atoms. The number of benzene rings is 2. The van der Waals surface area contributed by atoms with Crippen molar-refractivity contribution in [3.05, 3.63) is 54.1 Å². The van der Waals surface area contributed by atoms with Crippen LogP contribution in [0.3, 0.4) is 0 Å². The molecular formula is C19H17N3O5. The highest BCUT2D eigenvalue weighted by Crippen LogP contribution is 2.29. The van der Waals surface area contributed by atoms with E-state index in [-0.39, 0.29) is 18.4 Å². The maximum Gasteiger partial charge on any atom is 0.326 e. The topological polar surface area (TPSA) is 136 Å². The van der Waals surface area contributed by atoms with Gasteiger partial charge in [0.25, 0.3) is 5.91 Å². The zero-order valence-corrected chi connectivity index (χ0v) is 14.2. The van der Waals surface area contributed by atoms with Crippen LogP contribution in [0.25, 0.3) is 22.2 Å². The second-order valence-corrected chi connectivity index (χ2v) is 5.98. The number of carboxylic acids is 1. The van der Waals surface area contributed by atoms with Gasteiger partial charge < -0.3 is 20.7 Å². The summed E-state index contributed by atoms with van der Waals surface area (Å²) >= 11 is 0. The Balaban J connectivity index is 1.86. The van der Waals surface area contributed by atoms with Gasteiger partial charge >= 0.3 is 5.97 Å². The predicted molar refractivity (Wildman–Crippen MR) is 96.8 cm³/mol. The van der Waals surface area contributed by atoms with Crippen molar-refractivity contribution in [2.75, 3.05) is 0 Å². The molecule has 138 valence electrons. The van der Waals surface area contributed by atoms with Crippen molar-refractivity contribution in [1.29, 1.82) is 0 Å². The first-order chi connectivity index (χ1) is 13.0. The Labute approximate surface area is 153 Å². The number of carbonyl (C=O) groups excluding carboxylic acids is 2. The fourth-order valence-corrected chi connectivity index (χ4v) is 2.67. The summed E-state index contributed by atoms with van der Waals surface area (Å²) in [5.74, 6) is -1.92. The Kier molecular flexibility index (Phi) is 5.16.